The number of carbonyl (C=O) groups excluding carboxylic acids is 1. The van der Waals surface area contributed by atoms with E-state index in [-0.39, 0.29) is 5.91 Å². The van der Waals surface area contributed by atoms with Crippen LogP contribution in [0.3, 0.4) is 0 Å². The van der Waals surface area contributed by atoms with Crippen molar-refractivity contribution in [1.82, 2.24) is 0 Å². The molecule has 126 valence electrons. The average Bonchev–Trinajstić information content (AvgIpc) is 2.56. The number of hydrogen-bond acceptors (Lipinski definition) is 3. The maximum absolute atomic E-state index is 12.7. The van der Waals surface area contributed by atoms with Crippen molar-refractivity contribution in [2.75, 3.05) is 18.1 Å². The van der Waals surface area contributed by atoms with E-state index in [1.165, 1.54) is 0 Å². The van der Waals surface area contributed by atoms with Crippen LogP contribution in [0, 0.1) is 6.92 Å². The van der Waals surface area contributed by atoms with Crippen molar-refractivity contribution in [3.05, 3.63) is 54.1 Å². The summed E-state index contributed by atoms with van der Waals surface area (Å²) >= 11 is 0. The van der Waals surface area contributed by atoms with Crippen LogP contribution in [0.5, 0.6) is 11.5 Å². The zero-order chi connectivity index (χ0) is 17.2. The molecule has 0 saturated carbocycles. The SMILES string of the molecule is Cc1ccc2c(c1)N(CCCOc1ccccc1)C(=O)C(C)(C)O2. The van der Waals surface area contributed by atoms with Crippen LogP contribution < -0.4 is 14.4 Å². The number of aryl methyl sites for hydroxylation is 1. The molecule has 2 aromatic rings. The van der Waals surface area contributed by atoms with E-state index in [4.69, 9.17) is 9.47 Å². The molecule has 1 amide bonds. The van der Waals surface area contributed by atoms with Crippen molar-refractivity contribution in [3.8, 4) is 11.5 Å². The quantitative estimate of drug-likeness (QED) is 0.781. The summed E-state index contributed by atoms with van der Waals surface area (Å²) in [5, 5.41) is 0. The summed E-state index contributed by atoms with van der Waals surface area (Å²) in [4.78, 5) is 14.6. The summed E-state index contributed by atoms with van der Waals surface area (Å²) in [6.45, 7) is 6.81. The highest BCUT2D eigenvalue weighted by Gasteiger charge is 2.40. The van der Waals surface area contributed by atoms with Gasteiger partial charge >= 0.3 is 0 Å². The molecule has 1 aliphatic rings. The highest BCUT2D eigenvalue weighted by molar-refractivity contribution is 6.02. The molecule has 0 N–H and O–H groups in total. The number of ether oxygens (including phenoxy) is 2. The molecule has 0 bridgehead atoms. The number of rotatable bonds is 5. The molecule has 0 unspecified atom stereocenters. The maximum Gasteiger partial charge on any atom is 0.270 e. The van der Waals surface area contributed by atoms with Crippen molar-refractivity contribution in [2.45, 2.75) is 32.8 Å². The number of fused-ring (bicyclic) bond motifs is 1. The van der Waals surface area contributed by atoms with Crippen molar-refractivity contribution in [3.63, 3.8) is 0 Å². The fraction of sp³-hybridized carbons (Fsp3) is 0.350. The molecule has 24 heavy (non-hydrogen) atoms. The van der Waals surface area contributed by atoms with Gasteiger partial charge in [-0.3, -0.25) is 4.79 Å². The fourth-order valence-corrected chi connectivity index (χ4v) is 2.83. The van der Waals surface area contributed by atoms with Gasteiger partial charge in [0.15, 0.2) is 5.60 Å². The molecule has 0 spiro atoms. The molecule has 3 rings (SSSR count). The van der Waals surface area contributed by atoms with Gasteiger partial charge in [-0.2, -0.15) is 0 Å². The fourth-order valence-electron chi connectivity index (χ4n) is 2.83. The minimum Gasteiger partial charge on any atom is -0.494 e. The second-order valence-corrected chi connectivity index (χ2v) is 6.56. The Hall–Kier alpha value is -2.49. The normalized spacial score (nSPS) is 15.6. The maximum atomic E-state index is 12.7. The zero-order valence-electron chi connectivity index (χ0n) is 14.4. The highest BCUT2D eigenvalue weighted by atomic mass is 16.5. The molecule has 0 radical (unpaired) electrons. The minimum atomic E-state index is -0.845. The van der Waals surface area contributed by atoms with Gasteiger partial charge in [-0.25, -0.2) is 0 Å². The Morgan fingerprint density at radius 1 is 1.12 bits per heavy atom. The molecule has 0 fully saturated rings. The van der Waals surface area contributed by atoms with Crippen molar-refractivity contribution < 1.29 is 14.3 Å². The third-order valence-corrected chi connectivity index (χ3v) is 4.07. The van der Waals surface area contributed by atoms with E-state index >= 15 is 0 Å². The molecule has 1 aliphatic heterocycles. The van der Waals surface area contributed by atoms with Gasteiger partial charge < -0.3 is 14.4 Å². The van der Waals surface area contributed by atoms with Crippen LogP contribution in [0.25, 0.3) is 0 Å². The Bertz CT molecular complexity index is 725. The van der Waals surface area contributed by atoms with Gasteiger partial charge in [0, 0.05) is 6.54 Å². The molecule has 4 heteroatoms. The van der Waals surface area contributed by atoms with Crippen molar-refractivity contribution >= 4 is 11.6 Å². The highest BCUT2D eigenvalue weighted by Crippen LogP contribution is 2.38. The van der Waals surface area contributed by atoms with E-state index in [1.807, 2.05) is 74.2 Å². The molecule has 0 atom stereocenters. The Balaban J connectivity index is 1.69. The molecule has 0 saturated heterocycles. The first-order valence-electron chi connectivity index (χ1n) is 8.27. The molecule has 0 aromatic heterocycles. The number of carbonyl (C=O) groups is 1. The van der Waals surface area contributed by atoms with Crippen LogP contribution in [-0.2, 0) is 4.79 Å². The van der Waals surface area contributed by atoms with Crippen LogP contribution in [0.2, 0.25) is 0 Å². The van der Waals surface area contributed by atoms with Crippen LogP contribution in [0.1, 0.15) is 25.8 Å². The Morgan fingerprint density at radius 2 is 1.88 bits per heavy atom. The molecule has 2 aromatic carbocycles. The number of para-hydroxylation sites is 1. The number of amides is 1. The van der Waals surface area contributed by atoms with Gasteiger partial charge in [0.25, 0.3) is 5.91 Å². The smallest absolute Gasteiger partial charge is 0.270 e. The summed E-state index contributed by atoms with van der Waals surface area (Å²) in [7, 11) is 0. The average molecular weight is 325 g/mol. The first kappa shape index (κ1) is 16.4. The second kappa shape index (κ2) is 6.56. The third-order valence-electron chi connectivity index (χ3n) is 4.07. The van der Waals surface area contributed by atoms with Gasteiger partial charge in [0.1, 0.15) is 11.5 Å². The lowest BCUT2D eigenvalue weighted by Crippen LogP contribution is -2.52. The van der Waals surface area contributed by atoms with E-state index < -0.39 is 5.60 Å². The predicted octanol–water partition coefficient (Wildman–Crippen LogP) is 3.97. The van der Waals surface area contributed by atoms with Gasteiger partial charge in [0.05, 0.1) is 12.3 Å². The van der Waals surface area contributed by atoms with Crippen LogP contribution >= 0.6 is 0 Å². The molecule has 1 heterocycles. The first-order valence-corrected chi connectivity index (χ1v) is 8.27. The summed E-state index contributed by atoms with van der Waals surface area (Å²) in [6, 6.07) is 15.7. The van der Waals surface area contributed by atoms with E-state index in [9.17, 15) is 4.79 Å². The Morgan fingerprint density at radius 3 is 2.62 bits per heavy atom. The van der Waals surface area contributed by atoms with E-state index in [1.54, 1.807) is 0 Å². The summed E-state index contributed by atoms with van der Waals surface area (Å²) in [6.07, 6.45) is 0.754. The molecular weight excluding hydrogens is 302 g/mol. The second-order valence-electron chi connectivity index (χ2n) is 6.56. The zero-order valence-corrected chi connectivity index (χ0v) is 14.4. The van der Waals surface area contributed by atoms with E-state index in [2.05, 4.69) is 0 Å². The lowest BCUT2D eigenvalue weighted by atomic mass is 10.0. The van der Waals surface area contributed by atoms with Crippen LogP contribution in [0.4, 0.5) is 5.69 Å². The van der Waals surface area contributed by atoms with E-state index in [0.717, 1.165) is 29.2 Å². The van der Waals surface area contributed by atoms with Crippen LogP contribution in [0.15, 0.2) is 48.5 Å². The molecular formula is C20H23NO3. The summed E-state index contributed by atoms with van der Waals surface area (Å²) in [5.74, 6) is 1.59. The predicted molar refractivity (Wildman–Crippen MR) is 94.8 cm³/mol. The molecule has 0 aliphatic carbocycles. The van der Waals surface area contributed by atoms with Gasteiger partial charge in [-0.15, -0.1) is 0 Å². The number of benzene rings is 2. The van der Waals surface area contributed by atoms with Crippen molar-refractivity contribution in [1.29, 1.82) is 0 Å². The number of hydrogen-bond donors (Lipinski definition) is 0. The lowest BCUT2D eigenvalue weighted by molar-refractivity contribution is -0.132. The third kappa shape index (κ3) is 3.37. The topological polar surface area (TPSA) is 38.8 Å². The van der Waals surface area contributed by atoms with Crippen molar-refractivity contribution in [2.24, 2.45) is 0 Å². The minimum absolute atomic E-state index is 0.0136. The Labute approximate surface area is 143 Å². The number of nitrogens with zero attached hydrogens (tertiary/aromatic N) is 1. The van der Waals surface area contributed by atoms with Gasteiger partial charge in [-0.05, 0) is 57.0 Å². The molecule has 4 nitrogen and oxygen atoms in total. The summed E-state index contributed by atoms with van der Waals surface area (Å²) < 4.78 is 11.6. The van der Waals surface area contributed by atoms with E-state index in [0.29, 0.717) is 13.2 Å². The largest absolute Gasteiger partial charge is 0.494 e. The monoisotopic (exact) mass is 325 g/mol. The van der Waals surface area contributed by atoms with Gasteiger partial charge in [0.2, 0.25) is 0 Å². The van der Waals surface area contributed by atoms with Crippen LogP contribution in [-0.4, -0.2) is 24.7 Å². The first-order chi connectivity index (χ1) is 11.5. The Kier molecular flexibility index (Phi) is 4.47. The standard InChI is InChI=1S/C20H23NO3/c1-15-10-11-18-17(14-15)21(19(22)20(2,3)24-18)12-7-13-23-16-8-5-4-6-9-16/h4-6,8-11,14H,7,12-13H2,1-3H3. The van der Waals surface area contributed by atoms with Gasteiger partial charge in [-0.1, -0.05) is 24.3 Å². The lowest BCUT2D eigenvalue weighted by Gasteiger charge is -2.39. The summed E-state index contributed by atoms with van der Waals surface area (Å²) in [5.41, 5.74) is 1.11. The number of anilines is 1.